The number of benzene rings is 2. The Hall–Kier alpha value is -5.02. The maximum atomic E-state index is 5.42. The van der Waals surface area contributed by atoms with Gasteiger partial charge in [-0.25, -0.2) is 0 Å². The van der Waals surface area contributed by atoms with E-state index in [2.05, 4.69) is 132 Å². The van der Waals surface area contributed by atoms with Crippen LogP contribution in [-0.4, -0.2) is 16.9 Å². The molecule has 4 atom stereocenters. The van der Waals surface area contributed by atoms with Crippen molar-refractivity contribution < 1.29 is 0 Å². The van der Waals surface area contributed by atoms with E-state index in [0.29, 0.717) is 5.92 Å². The molecule has 5 aliphatic rings. The molecule has 0 fully saturated rings. The molecule has 1 aliphatic heterocycles. The predicted molar refractivity (Wildman–Crippen MR) is 182 cm³/mol. The third-order valence-electron chi connectivity index (χ3n) is 9.52. The molecular weight excluding hydrogens is 534 g/mol. The highest BCUT2D eigenvalue weighted by atomic mass is 15.1. The van der Waals surface area contributed by atoms with Gasteiger partial charge in [-0.05, 0) is 76.4 Å². The van der Waals surface area contributed by atoms with Crippen molar-refractivity contribution in [2.75, 3.05) is 0 Å². The highest BCUT2D eigenvalue weighted by molar-refractivity contribution is 6.00. The predicted octanol–water partition coefficient (Wildman–Crippen LogP) is 9.05. The molecule has 214 valence electrons. The van der Waals surface area contributed by atoms with Crippen molar-refractivity contribution >= 4 is 11.4 Å². The Labute approximate surface area is 259 Å². The van der Waals surface area contributed by atoms with E-state index < -0.39 is 0 Å². The van der Waals surface area contributed by atoms with Crippen molar-refractivity contribution in [3.8, 4) is 11.1 Å². The van der Waals surface area contributed by atoms with Gasteiger partial charge in [0.2, 0.25) is 0 Å². The van der Waals surface area contributed by atoms with E-state index in [1.807, 2.05) is 24.5 Å². The Morgan fingerprint density at radius 3 is 2.43 bits per heavy atom. The van der Waals surface area contributed by atoms with E-state index in [1.54, 1.807) is 0 Å². The van der Waals surface area contributed by atoms with Crippen molar-refractivity contribution in [2.45, 2.75) is 31.2 Å². The molecule has 8 rings (SSSR count). The summed E-state index contributed by atoms with van der Waals surface area (Å²) in [6.07, 6.45) is 34.3. The molecule has 2 aromatic carbocycles. The van der Waals surface area contributed by atoms with E-state index in [-0.39, 0.29) is 17.9 Å². The van der Waals surface area contributed by atoms with Gasteiger partial charge in [-0.15, -0.1) is 0 Å². The summed E-state index contributed by atoms with van der Waals surface area (Å²) in [5, 5.41) is 3.70. The number of aromatic nitrogens is 1. The van der Waals surface area contributed by atoms with Crippen molar-refractivity contribution in [3.05, 3.63) is 180 Å². The monoisotopic (exact) mass is 569 g/mol. The lowest BCUT2D eigenvalue weighted by Gasteiger charge is -2.41. The van der Waals surface area contributed by atoms with Crippen LogP contribution in [0.3, 0.4) is 0 Å². The molecule has 1 N–H and O–H groups in total. The molecule has 0 amide bonds. The molecule has 44 heavy (non-hydrogen) atoms. The summed E-state index contributed by atoms with van der Waals surface area (Å²) in [5.41, 5.74) is 11.8. The van der Waals surface area contributed by atoms with Crippen molar-refractivity contribution in [3.63, 3.8) is 0 Å². The molecule has 0 bridgehead atoms. The van der Waals surface area contributed by atoms with E-state index >= 15 is 0 Å². The summed E-state index contributed by atoms with van der Waals surface area (Å²) in [4.78, 5) is 9.66. The summed E-state index contributed by atoms with van der Waals surface area (Å²) in [6, 6.07) is 21.8. The van der Waals surface area contributed by atoms with Crippen molar-refractivity contribution in [1.29, 1.82) is 0 Å². The van der Waals surface area contributed by atoms with Gasteiger partial charge in [0.25, 0.3) is 0 Å². The van der Waals surface area contributed by atoms with Gasteiger partial charge in [-0.3, -0.25) is 9.98 Å². The Bertz CT molecular complexity index is 1860. The van der Waals surface area contributed by atoms with Crippen LogP contribution in [0.1, 0.15) is 41.9 Å². The number of hydrogen-bond donors (Lipinski definition) is 1. The zero-order valence-electron chi connectivity index (χ0n) is 24.7. The van der Waals surface area contributed by atoms with Crippen LogP contribution in [0.15, 0.2) is 168 Å². The fraction of sp³-hybridized carbons (Fsp3) is 0.171. The minimum Gasteiger partial charge on any atom is -0.343 e. The number of nitrogens with one attached hydrogen (secondary N) is 1. The van der Waals surface area contributed by atoms with Crippen LogP contribution >= 0.6 is 0 Å². The standard InChI is InChI=1S/C41H35N3/c1-3-10-28(11-4-1)34-16-9-17-35(29-12-5-2-6-13-29)38(34)31-18-20-32(21-19-31)40-39-36-15-8-7-14-30(36)22-23-37(39)43-41(44-40)33-24-26-42-27-25-33/h1-5,7-12,14-18,20-27,31,36,39-40H,6,13,19H2,(H,43,44)/t31?,36-,39?,40?/m0/s1. The second-order valence-electron chi connectivity index (χ2n) is 12.1. The number of rotatable bonds is 5. The minimum absolute atomic E-state index is 0.0164. The Morgan fingerprint density at radius 2 is 1.61 bits per heavy atom. The maximum absolute atomic E-state index is 5.42. The minimum atomic E-state index is 0.0164. The van der Waals surface area contributed by atoms with E-state index in [4.69, 9.17) is 4.99 Å². The number of hydrogen-bond acceptors (Lipinski definition) is 3. The summed E-state index contributed by atoms with van der Waals surface area (Å²) in [5.74, 6) is 1.72. The topological polar surface area (TPSA) is 37.3 Å². The zero-order valence-corrected chi connectivity index (χ0v) is 24.7. The summed E-state index contributed by atoms with van der Waals surface area (Å²) in [6.45, 7) is 0. The molecule has 0 saturated carbocycles. The average Bonchev–Trinajstić information content (AvgIpc) is 3.12. The molecular formula is C41H35N3. The molecule has 3 aromatic rings. The fourth-order valence-corrected chi connectivity index (χ4v) is 7.39. The number of aliphatic imine (C=N–C) groups is 1. The first-order chi connectivity index (χ1) is 21.8. The first-order valence-electron chi connectivity index (χ1n) is 15.8. The number of pyridine rings is 1. The third-order valence-corrected chi connectivity index (χ3v) is 9.52. The molecule has 3 nitrogen and oxygen atoms in total. The number of nitrogens with zero attached hydrogens (tertiary/aromatic N) is 2. The molecule has 3 unspecified atom stereocenters. The number of allylic oxidation sites excluding steroid dienone is 13. The van der Waals surface area contributed by atoms with Gasteiger partial charge in [0.05, 0.1) is 6.04 Å². The van der Waals surface area contributed by atoms with Crippen molar-refractivity contribution in [2.24, 2.45) is 16.8 Å². The molecule has 0 radical (unpaired) electrons. The Morgan fingerprint density at radius 1 is 0.727 bits per heavy atom. The van der Waals surface area contributed by atoms with Gasteiger partial charge in [-0.2, -0.15) is 0 Å². The number of amidine groups is 1. The van der Waals surface area contributed by atoms with Gasteiger partial charge in [0.15, 0.2) is 0 Å². The average molecular weight is 570 g/mol. The first-order valence-corrected chi connectivity index (χ1v) is 15.8. The summed E-state index contributed by atoms with van der Waals surface area (Å²) < 4.78 is 0. The van der Waals surface area contributed by atoms with Crippen LogP contribution < -0.4 is 5.32 Å². The molecule has 0 spiro atoms. The van der Waals surface area contributed by atoms with E-state index in [9.17, 15) is 0 Å². The van der Waals surface area contributed by atoms with Gasteiger partial charge in [0.1, 0.15) is 5.84 Å². The smallest absolute Gasteiger partial charge is 0.133 e. The number of fused-ring (bicyclic) bond motifs is 3. The summed E-state index contributed by atoms with van der Waals surface area (Å²) in [7, 11) is 0. The van der Waals surface area contributed by atoms with Gasteiger partial charge in [-0.1, -0.05) is 115 Å². The van der Waals surface area contributed by atoms with Crippen LogP contribution in [-0.2, 0) is 0 Å². The van der Waals surface area contributed by atoms with Crippen LogP contribution in [0, 0.1) is 11.8 Å². The van der Waals surface area contributed by atoms with Crippen LogP contribution in [0.4, 0.5) is 0 Å². The lowest BCUT2D eigenvalue weighted by molar-refractivity contribution is 0.422. The maximum Gasteiger partial charge on any atom is 0.133 e. The Kier molecular flexibility index (Phi) is 7.00. The second kappa shape index (κ2) is 11.6. The zero-order chi connectivity index (χ0) is 29.3. The van der Waals surface area contributed by atoms with E-state index in [1.165, 1.54) is 44.7 Å². The van der Waals surface area contributed by atoms with Crippen LogP contribution in [0.25, 0.3) is 16.7 Å². The highest BCUT2D eigenvalue weighted by Gasteiger charge is 2.40. The van der Waals surface area contributed by atoms with E-state index in [0.717, 1.165) is 30.7 Å². The van der Waals surface area contributed by atoms with Crippen LogP contribution in [0.5, 0.6) is 0 Å². The quantitative estimate of drug-likeness (QED) is 0.333. The van der Waals surface area contributed by atoms with Gasteiger partial charge < -0.3 is 5.32 Å². The molecule has 3 heteroatoms. The van der Waals surface area contributed by atoms with Gasteiger partial charge in [0, 0.05) is 41.4 Å². The lowest BCUT2D eigenvalue weighted by Crippen LogP contribution is -2.44. The largest absolute Gasteiger partial charge is 0.343 e. The lowest BCUT2D eigenvalue weighted by atomic mass is 9.70. The first kappa shape index (κ1) is 26.6. The SMILES string of the molecule is C1=CCCC(c2cccc(-c3ccccc3)c2C2C=CC(C3N=C(c4ccncc4)NC4=CC=C5C=CC=C[C@@H]5C43)=CC2)=C1. The summed E-state index contributed by atoms with van der Waals surface area (Å²) >= 11 is 0. The third kappa shape index (κ3) is 4.89. The molecule has 4 aliphatic carbocycles. The highest BCUT2D eigenvalue weighted by Crippen LogP contribution is 2.45. The molecule has 2 heterocycles. The Balaban J connectivity index is 1.19. The normalized spacial score (nSPS) is 25.0. The van der Waals surface area contributed by atoms with Crippen molar-refractivity contribution in [1.82, 2.24) is 10.3 Å². The second-order valence-corrected chi connectivity index (χ2v) is 12.1. The van der Waals surface area contributed by atoms with Crippen LogP contribution in [0.2, 0.25) is 0 Å². The molecule has 1 aromatic heterocycles. The van der Waals surface area contributed by atoms with Gasteiger partial charge >= 0.3 is 0 Å². The molecule has 0 saturated heterocycles. The fourth-order valence-electron chi connectivity index (χ4n) is 7.39.